The normalized spacial score (nSPS) is 26.8. The van der Waals surface area contributed by atoms with Gasteiger partial charge in [0.2, 0.25) is 11.7 Å². The molecule has 3 fully saturated rings. The molecule has 0 radical (unpaired) electrons. The smallest absolute Gasteiger partial charge is 0.228 e. The van der Waals surface area contributed by atoms with Crippen LogP contribution in [0.25, 0.3) is 11.0 Å². The minimum atomic E-state index is -0.0911. The fourth-order valence-electron chi connectivity index (χ4n) is 4.92. The zero-order valence-corrected chi connectivity index (χ0v) is 17.1. The molecule has 1 saturated carbocycles. The third-order valence-electron chi connectivity index (χ3n) is 6.56. The van der Waals surface area contributed by atoms with Gasteiger partial charge in [-0.25, -0.2) is 4.98 Å². The third kappa shape index (κ3) is 2.88. The van der Waals surface area contributed by atoms with Crippen LogP contribution in [-0.4, -0.2) is 47.5 Å². The van der Waals surface area contributed by atoms with Crippen molar-refractivity contribution in [1.82, 2.24) is 15.2 Å². The van der Waals surface area contributed by atoms with E-state index < -0.39 is 0 Å². The summed E-state index contributed by atoms with van der Waals surface area (Å²) in [6, 6.07) is 4.73. The first-order chi connectivity index (χ1) is 13.6. The van der Waals surface area contributed by atoms with Crippen molar-refractivity contribution < 1.29 is 9.21 Å². The summed E-state index contributed by atoms with van der Waals surface area (Å²) < 4.78 is 6.28. The van der Waals surface area contributed by atoms with Crippen LogP contribution in [0.5, 0.6) is 0 Å². The Morgan fingerprint density at radius 1 is 1.36 bits per heavy atom. The molecule has 28 heavy (non-hydrogen) atoms. The van der Waals surface area contributed by atoms with Gasteiger partial charge in [0.25, 0.3) is 0 Å². The number of halogens is 1. The molecule has 1 spiro atoms. The number of hydrogen-bond acceptors (Lipinski definition) is 6. The largest absolute Gasteiger partial charge is 0.444 e. The zero-order valence-electron chi connectivity index (χ0n) is 15.5. The molecule has 5 rings (SSSR count). The molecule has 2 saturated heterocycles. The van der Waals surface area contributed by atoms with Crippen molar-refractivity contribution in [2.45, 2.75) is 44.2 Å². The first-order valence-electron chi connectivity index (χ1n) is 9.85. The molecule has 2 N–H and O–H groups in total. The minimum absolute atomic E-state index is 0.0911. The summed E-state index contributed by atoms with van der Waals surface area (Å²) in [5.74, 6) is 1.34. The Morgan fingerprint density at radius 2 is 2.14 bits per heavy atom. The summed E-state index contributed by atoms with van der Waals surface area (Å²) in [4.78, 5) is 19.0. The lowest BCUT2D eigenvalue weighted by atomic mass is 9.75. The molecular weight excluding hydrogens is 422 g/mol. The lowest BCUT2D eigenvalue weighted by molar-refractivity contribution is -0.139. The summed E-state index contributed by atoms with van der Waals surface area (Å²) in [5, 5.41) is 16.4. The van der Waals surface area contributed by atoms with Crippen molar-refractivity contribution in [3.8, 4) is 6.07 Å². The molecule has 1 aliphatic carbocycles. The summed E-state index contributed by atoms with van der Waals surface area (Å²) in [7, 11) is 0. The zero-order chi connectivity index (χ0) is 19.3. The number of carbonyl (C=O) groups is 1. The van der Waals surface area contributed by atoms with Crippen molar-refractivity contribution in [3.05, 3.63) is 22.5 Å². The van der Waals surface area contributed by atoms with Gasteiger partial charge in [0.15, 0.2) is 5.58 Å². The summed E-state index contributed by atoms with van der Waals surface area (Å²) in [6.07, 6.45) is 7.10. The van der Waals surface area contributed by atoms with E-state index in [0.29, 0.717) is 23.4 Å². The maximum absolute atomic E-state index is 12.0. The van der Waals surface area contributed by atoms with E-state index in [9.17, 15) is 4.79 Å². The van der Waals surface area contributed by atoms with E-state index in [0.717, 1.165) is 67.4 Å². The van der Waals surface area contributed by atoms with Crippen LogP contribution in [0.1, 0.15) is 37.9 Å². The van der Waals surface area contributed by atoms with E-state index >= 15 is 0 Å². The minimum Gasteiger partial charge on any atom is -0.444 e. The number of fused-ring (bicyclic) bond motifs is 1. The van der Waals surface area contributed by atoms with Gasteiger partial charge in [-0.1, -0.05) is 0 Å². The SMILES string of the molecule is N#Cc1cc2c(Br)c(NC3CCC(N4CC5(CCNC5=O)C4)CC3)ncc2o1. The summed E-state index contributed by atoms with van der Waals surface area (Å²) in [5.41, 5.74) is 0.520. The molecule has 2 aliphatic heterocycles. The molecular formula is C20H22BrN5O2. The predicted octanol–water partition coefficient (Wildman–Crippen LogP) is 3.01. The first-order valence-corrected chi connectivity index (χ1v) is 10.6. The molecule has 4 heterocycles. The molecule has 8 heteroatoms. The van der Waals surface area contributed by atoms with E-state index in [2.05, 4.69) is 36.4 Å². The maximum Gasteiger partial charge on any atom is 0.228 e. The van der Waals surface area contributed by atoms with Gasteiger partial charge < -0.3 is 15.1 Å². The van der Waals surface area contributed by atoms with Crippen molar-refractivity contribution in [1.29, 1.82) is 5.26 Å². The van der Waals surface area contributed by atoms with E-state index in [-0.39, 0.29) is 11.3 Å². The fourth-order valence-corrected chi connectivity index (χ4v) is 5.45. The van der Waals surface area contributed by atoms with Crippen molar-refractivity contribution in [3.63, 3.8) is 0 Å². The highest BCUT2D eigenvalue weighted by atomic mass is 79.9. The molecule has 146 valence electrons. The lowest BCUT2D eigenvalue weighted by Crippen LogP contribution is -2.63. The van der Waals surface area contributed by atoms with Gasteiger partial charge >= 0.3 is 0 Å². The lowest BCUT2D eigenvalue weighted by Gasteiger charge is -2.51. The monoisotopic (exact) mass is 443 g/mol. The second-order valence-electron chi connectivity index (χ2n) is 8.26. The van der Waals surface area contributed by atoms with Crippen LogP contribution < -0.4 is 10.6 Å². The van der Waals surface area contributed by atoms with Gasteiger partial charge in [-0.05, 0) is 48.0 Å². The fraction of sp³-hybridized carbons (Fsp3) is 0.550. The Kier molecular flexibility index (Phi) is 4.33. The number of nitrogens with one attached hydrogen (secondary N) is 2. The third-order valence-corrected chi connectivity index (χ3v) is 7.37. The van der Waals surface area contributed by atoms with Crippen LogP contribution in [0.2, 0.25) is 0 Å². The van der Waals surface area contributed by atoms with Gasteiger partial charge in [-0.15, -0.1) is 0 Å². The number of rotatable bonds is 3. The molecule has 0 atom stereocenters. The summed E-state index contributed by atoms with van der Waals surface area (Å²) >= 11 is 3.61. The highest BCUT2D eigenvalue weighted by Crippen LogP contribution is 2.41. The number of furan rings is 1. The Hall–Kier alpha value is -2.11. The molecule has 1 amide bonds. The van der Waals surface area contributed by atoms with Crippen LogP contribution in [0, 0.1) is 16.7 Å². The van der Waals surface area contributed by atoms with E-state index in [1.54, 1.807) is 12.3 Å². The van der Waals surface area contributed by atoms with Crippen LogP contribution in [-0.2, 0) is 4.79 Å². The summed E-state index contributed by atoms with van der Waals surface area (Å²) in [6.45, 7) is 2.68. The van der Waals surface area contributed by atoms with Crippen LogP contribution in [0.15, 0.2) is 21.2 Å². The second-order valence-corrected chi connectivity index (χ2v) is 9.06. The first kappa shape index (κ1) is 18.0. The predicted molar refractivity (Wildman–Crippen MR) is 108 cm³/mol. The van der Waals surface area contributed by atoms with Crippen molar-refractivity contribution in [2.24, 2.45) is 5.41 Å². The van der Waals surface area contributed by atoms with Crippen molar-refractivity contribution >= 4 is 38.6 Å². The Balaban J connectivity index is 1.19. The van der Waals surface area contributed by atoms with Crippen molar-refractivity contribution in [2.75, 3.05) is 25.0 Å². The van der Waals surface area contributed by atoms with E-state index in [4.69, 9.17) is 9.68 Å². The highest BCUT2D eigenvalue weighted by Gasteiger charge is 2.53. The molecule has 0 bridgehead atoms. The number of likely N-dealkylation sites (tertiary alicyclic amines) is 1. The average Bonchev–Trinajstić information content (AvgIpc) is 3.27. The number of amides is 1. The van der Waals surface area contributed by atoms with E-state index in [1.807, 2.05) is 6.07 Å². The number of pyridine rings is 1. The molecule has 7 nitrogen and oxygen atoms in total. The maximum atomic E-state index is 12.0. The quantitative estimate of drug-likeness (QED) is 0.756. The number of nitrogens with zero attached hydrogens (tertiary/aromatic N) is 3. The number of carbonyl (C=O) groups excluding carboxylic acids is 1. The van der Waals surface area contributed by atoms with E-state index in [1.165, 1.54) is 0 Å². The standard InChI is InChI=1S/C20H22BrN5O2/c21-17-15-7-14(8-22)28-16(15)9-24-18(17)25-12-1-3-13(4-2-12)26-10-20(11-26)5-6-23-19(20)27/h7,9,12-13H,1-6,10-11H2,(H,23,27)(H,24,25). The Labute approximate surface area is 171 Å². The van der Waals surface area contributed by atoms with Crippen LogP contribution >= 0.6 is 15.9 Å². The Morgan fingerprint density at radius 3 is 2.82 bits per heavy atom. The molecule has 0 aromatic carbocycles. The topological polar surface area (TPSA) is 94.2 Å². The highest BCUT2D eigenvalue weighted by molar-refractivity contribution is 9.10. The Bertz CT molecular complexity index is 967. The second kappa shape index (κ2) is 6.75. The molecule has 0 unspecified atom stereocenters. The molecule has 2 aromatic heterocycles. The average molecular weight is 444 g/mol. The van der Waals surface area contributed by atoms with Gasteiger partial charge in [-0.2, -0.15) is 5.26 Å². The number of anilines is 1. The van der Waals surface area contributed by atoms with Crippen LogP contribution in [0.3, 0.4) is 0 Å². The van der Waals surface area contributed by atoms with Gasteiger partial charge in [-0.3, -0.25) is 9.69 Å². The molecule has 3 aliphatic rings. The number of hydrogen-bond donors (Lipinski definition) is 2. The van der Waals surface area contributed by atoms with Gasteiger partial charge in [0, 0.05) is 43.2 Å². The van der Waals surface area contributed by atoms with Gasteiger partial charge in [0.05, 0.1) is 16.1 Å². The number of aromatic nitrogens is 1. The van der Waals surface area contributed by atoms with Gasteiger partial charge in [0.1, 0.15) is 11.9 Å². The molecule has 2 aromatic rings. The van der Waals surface area contributed by atoms with Crippen LogP contribution in [0.4, 0.5) is 5.82 Å². The number of nitriles is 1.